The largest absolute Gasteiger partial charge is 0.497 e. The second kappa shape index (κ2) is 5.00. The second-order valence-corrected chi connectivity index (χ2v) is 4.21. The summed E-state index contributed by atoms with van der Waals surface area (Å²) in [7, 11) is 1.60. The van der Waals surface area contributed by atoms with Crippen LogP contribution in [-0.2, 0) is 0 Å². The van der Waals surface area contributed by atoms with E-state index in [9.17, 15) is 4.79 Å². The zero-order valence-corrected chi connectivity index (χ0v) is 10.8. The summed E-state index contributed by atoms with van der Waals surface area (Å²) in [6.45, 7) is 0. The second-order valence-electron chi connectivity index (χ2n) is 4.21. The molecule has 20 heavy (non-hydrogen) atoms. The molecule has 3 aromatic rings. The van der Waals surface area contributed by atoms with E-state index in [1.54, 1.807) is 25.4 Å². The predicted molar refractivity (Wildman–Crippen MR) is 74.8 cm³/mol. The average molecular weight is 268 g/mol. The highest BCUT2D eigenvalue weighted by Crippen LogP contribution is 2.20. The third-order valence-corrected chi connectivity index (χ3v) is 2.90. The van der Waals surface area contributed by atoms with Crippen LogP contribution < -0.4 is 10.1 Å². The number of carbonyl (C=O) groups is 1. The predicted octanol–water partition coefficient (Wildman–Crippen LogP) is 2.22. The van der Waals surface area contributed by atoms with E-state index >= 15 is 0 Å². The summed E-state index contributed by atoms with van der Waals surface area (Å²) >= 11 is 0. The number of carbonyl (C=O) groups excluding carboxylic acids is 1. The van der Waals surface area contributed by atoms with Gasteiger partial charge in [-0.2, -0.15) is 5.10 Å². The van der Waals surface area contributed by atoms with Crippen LogP contribution in [-0.4, -0.2) is 28.2 Å². The molecule has 0 saturated heterocycles. The normalized spacial score (nSPS) is 10.4. The average Bonchev–Trinajstić information content (AvgIpc) is 2.99. The van der Waals surface area contributed by atoms with Gasteiger partial charge in [-0.05, 0) is 18.2 Å². The Morgan fingerprint density at radius 1 is 1.30 bits per heavy atom. The van der Waals surface area contributed by atoms with Crippen molar-refractivity contribution in [1.82, 2.24) is 15.2 Å². The number of anilines is 1. The Labute approximate surface area is 114 Å². The minimum absolute atomic E-state index is 0.237. The third kappa shape index (κ3) is 2.31. The molecular formula is C14H12N4O2. The highest BCUT2D eigenvalue weighted by Gasteiger charge is 2.08. The lowest BCUT2D eigenvalue weighted by atomic mass is 10.1. The van der Waals surface area contributed by atoms with E-state index in [2.05, 4.69) is 20.5 Å². The first-order valence-electron chi connectivity index (χ1n) is 6.01. The van der Waals surface area contributed by atoms with Gasteiger partial charge in [0.15, 0.2) is 0 Å². The topological polar surface area (TPSA) is 79.9 Å². The first kappa shape index (κ1) is 12.2. The van der Waals surface area contributed by atoms with Gasteiger partial charge in [-0.1, -0.05) is 0 Å². The number of aromatic amines is 1. The van der Waals surface area contributed by atoms with Gasteiger partial charge in [0, 0.05) is 23.7 Å². The molecule has 0 saturated carbocycles. The van der Waals surface area contributed by atoms with Gasteiger partial charge in [0.2, 0.25) is 0 Å². The molecule has 0 spiro atoms. The Morgan fingerprint density at radius 3 is 2.95 bits per heavy atom. The molecule has 0 bridgehead atoms. The van der Waals surface area contributed by atoms with E-state index in [4.69, 9.17) is 4.74 Å². The maximum atomic E-state index is 12.1. The standard InChI is InChI=1S/C14H12N4O2/c1-20-11-3-2-9-6-10(8-15-12(9)7-11)14(19)17-13-4-5-16-18-13/h2-8H,1H3,(H2,16,17,18,19). The molecule has 6 heteroatoms. The summed E-state index contributed by atoms with van der Waals surface area (Å²) in [6, 6.07) is 8.99. The molecule has 0 unspecified atom stereocenters. The number of methoxy groups -OCH3 is 1. The van der Waals surface area contributed by atoms with Crippen molar-refractivity contribution in [3.8, 4) is 5.75 Å². The number of H-pyrrole nitrogens is 1. The Hall–Kier alpha value is -2.89. The van der Waals surface area contributed by atoms with Crippen LogP contribution in [0.15, 0.2) is 42.7 Å². The summed E-state index contributed by atoms with van der Waals surface area (Å²) in [5, 5.41) is 10.0. The zero-order valence-electron chi connectivity index (χ0n) is 10.8. The number of hydrogen-bond acceptors (Lipinski definition) is 4. The monoisotopic (exact) mass is 268 g/mol. The van der Waals surface area contributed by atoms with E-state index in [0.717, 1.165) is 16.7 Å². The third-order valence-electron chi connectivity index (χ3n) is 2.90. The first-order valence-corrected chi connectivity index (χ1v) is 6.01. The summed E-state index contributed by atoms with van der Waals surface area (Å²) in [5.74, 6) is 1.05. The Morgan fingerprint density at radius 2 is 2.20 bits per heavy atom. The molecule has 100 valence electrons. The number of rotatable bonds is 3. The Bertz CT molecular complexity index is 753. The number of nitrogens with one attached hydrogen (secondary N) is 2. The van der Waals surface area contributed by atoms with Crippen molar-refractivity contribution in [3.63, 3.8) is 0 Å². The van der Waals surface area contributed by atoms with E-state index in [0.29, 0.717) is 11.4 Å². The molecule has 2 heterocycles. The van der Waals surface area contributed by atoms with Crippen molar-refractivity contribution in [2.45, 2.75) is 0 Å². The number of amides is 1. The number of aromatic nitrogens is 3. The quantitative estimate of drug-likeness (QED) is 0.763. The van der Waals surface area contributed by atoms with Crippen LogP contribution >= 0.6 is 0 Å². The maximum absolute atomic E-state index is 12.1. The number of hydrogen-bond donors (Lipinski definition) is 2. The highest BCUT2D eigenvalue weighted by atomic mass is 16.5. The van der Waals surface area contributed by atoms with Crippen molar-refractivity contribution in [1.29, 1.82) is 0 Å². The van der Waals surface area contributed by atoms with Gasteiger partial charge in [-0.3, -0.25) is 14.9 Å². The summed E-state index contributed by atoms with van der Waals surface area (Å²) < 4.78 is 5.14. The lowest BCUT2D eigenvalue weighted by Crippen LogP contribution is -2.12. The molecule has 0 fully saturated rings. The van der Waals surface area contributed by atoms with E-state index < -0.39 is 0 Å². The number of fused-ring (bicyclic) bond motifs is 1. The summed E-state index contributed by atoms with van der Waals surface area (Å²) in [4.78, 5) is 16.3. The molecule has 0 radical (unpaired) electrons. The molecule has 0 aliphatic heterocycles. The van der Waals surface area contributed by atoms with Gasteiger partial charge in [0.1, 0.15) is 11.6 Å². The lowest BCUT2D eigenvalue weighted by Gasteiger charge is -2.05. The first-order chi connectivity index (χ1) is 9.76. The molecule has 3 rings (SSSR count). The molecule has 1 amide bonds. The molecule has 0 aliphatic carbocycles. The highest BCUT2D eigenvalue weighted by molar-refractivity contribution is 6.05. The summed E-state index contributed by atoms with van der Waals surface area (Å²) in [5.41, 5.74) is 1.26. The van der Waals surface area contributed by atoms with Crippen LogP contribution in [0.1, 0.15) is 10.4 Å². The summed E-state index contributed by atoms with van der Waals surface area (Å²) in [6.07, 6.45) is 3.11. The fourth-order valence-electron chi connectivity index (χ4n) is 1.87. The van der Waals surface area contributed by atoms with Gasteiger partial charge in [0.25, 0.3) is 5.91 Å². The van der Waals surface area contributed by atoms with Gasteiger partial charge in [-0.15, -0.1) is 0 Å². The van der Waals surface area contributed by atoms with Gasteiger partial charge < -0.3 is 10.1 Å². The Balaban J connectivity index is 1.90. The number of pyridine rings is 1. The van der Waals surface area contributed by atoms with E-state index in [-0.39, 0.29) is 5.91 Å². The van der Waals surface area contributed by atoms with Crippen LogP contribution in [0.3, 0.4) is 0 Å². The number of ether oxygens (including phenoxy) is 1. The number of nitrogens with zero attached hydrogens (tertiary/aromatic N) is 2. The smallest absolute Gasteiger partial charge is 0.258 e. The Kier molecular flexibility index (Phi) is 3.04. The van der Waals surface area contributed by atoms with Gasteiger partial charge >= 0.3 is 0 Å². The molecule has 2 aromatic heterocycles. The van der Waals surface area contributed by atoms with Crippen molar-refractivity contribution in [3.05, 3.63) is 48.3 Å². The molecule has 6 nitrogen and oxygen atoms in total. The fraction of sp³-hybridized carbons (Fsp3) is 0.0714. The van der Waals surface area contributed by atoms with Crippen LogP contribution in [0.4, 0.5) is 5.82 Å². The van der Waals surface area contributed by atoms with Crippen LogP contribution in [0, 0.1) is 0 Å². The molecular weight excluding hydrogens is 256 g/mol. The molecule has 2 N–H and O–H groups in total. The minimum Gasteiger partial charge on any atom is -0.497 e. The van der Waals surface area contributed by atoms with Gasteiger partial charge in [0.05, 0.1) is 24.4 Å². The van der Waals surface area contributed by atoms with Gasteiger partial charge in [-0.25, -0.2) is 0 Å². The van der Waals surface area contributed by atoms with Crippen molar-refractivity contribution >= 4 is 22.6 Å². The maximum Gasteiger partial charge on any atom is 0.258 e. The van der Waals surface area contributed by atoms with Crippen LogP contribution in [0.2, 0.25) is 0 Å². The SMILES string of the molecule is COc1ccc2cc(C(=O)Nc3ccn[nH]3)cnc2c1. The van der Waals surface area contributed by atoms with Crippen molar-refractivity contribution in [2.24, 2.45) is 0 Å². The lowest BCUT2D eigenvalue weighted by molar-refractivity contribution is 0.102. The van der Waals surface area contributed by atoms with Crippen LogP contribution in [0.25, 0.3) is 10.9 Å². The number of benzene rings is 1. The van der Waals surface area contributed by atoms with Crippen molar-refractivity contribution < 1.29 is 9.53 Å². The van der Waals surface area contributed by atoms with E-state index in [1.807, 2.05) is 18.2 Å². The minimum atomic E-state index is -0.237. The van der Waals surface area contributed by atoms with Crippen LogP contribution in [0.5, 0.6) is 5.75 Å². The fourth-order valence-corrected chi connectivity index (χ4v) is 1.87. The van der Waals surface area contributed by atoms with Crippen molar-refractivity contribution in [2.75, 3.05) is 12.4 Å². The molecule has 0 atom stereocenters. The van der Waals surface area contributed by atoms with E-state index in [1.165, 1.54) is 6.20 Å². The molecule has 1 aromatic carbocycles. The zero-order chi connectivity index (χ0) is 13.9. The molecule has 0 aliphatic rings.